The van der Waals surface area contributed by atoms with Gasteiger partial charge in [0.15, 0.2) is 0 Å². The largest absolute Gasteiger partial charge is 0.508 e. The van der Waals surface area contributed by atoms with Crippen molar-refractivity contribution in [3.8, 4) is 5.75 Å². The molecule has 0 aromatic heterocycles. The van der Waals surface area contributed by atoms with Gasteiger partial charge in [-0.2, -0.15) is 0 Å². The number of hydrogen-bond donors (Lipinski definition) is 2. The predicted molar refractivity (Wildman–Crippen MR) is 71.9 cm³/mol. The molecule has 96 valence electrons. The van der Waals surface area contributed by atoms with Gasteiger partial charge in [0, 0.05) is 18.2 Å². The normalized spacial score (nSPS) is 13.3. The first kappa shape index (κ1) is 14.0. The fraction of sp³-hybridized carbons (Fsp3) is 0.571. The Morgan fingerprint density at radius 2 is 1.94 bits per heavy atom. The summed E-state index contributed by atoms with van der Waals surface area (Å²) in [6, 6.07) is 7.72. The number of nitrogens with two attached hydrogens (primary N) is 1. The summed E-state index contributed by atoms with van der Waals surface area (Å²) in [5.41, 5.74) is 6.98. The third kappa shape index (κ3) is 4.75. The van der Waals surface area contributed by atoms with E-state index in [0.29, 0.717) is 11.7 Å². The summed E-state index contributed by atoms with van der Waals surface area (Å²) in [4.78, 5) is 2.19. The minimum absolute atomic E-state index is 0.252. The molecule has 0 bridgehead atoms. The first-order chi connectivity index (χ1) is 8.00. The summed E-state index contributed by atoms with van der Waals surface area (Å²) in [6.07, 6.45) is 0.988. The number of phenolic OH excluding ortho intramolecular Hbond substituents is 1. The van der Waals surface area contributed by atoms with E-state index >= 15 is 0 Å². The Morgan fingerprint density at radius 3 is 2.53 bits per heavy atom. The molecule has 0 saturated heterocycles. The third-order valence-corrected chi connectivity index (χ3v) is 3.13. The second-order valence-electron chi connectivity index (χ2n) is 5.06. The Bertz CT molecular complexity index is 339. The predicted octanol–water partition coefficient (Wildman–Crippen LogP) is 2.20. The Morgan fingerprint density at radius 1 is 1.29 bits per heavy atom. The minimum atomic E-state index is 0.252. The number of aromatic hydroxyl groups is 1. The summed E-state index contributed by atoms with van der Waals surface area (Å²) in [7, 11) is 2.06. The average Bonchev–Trinajstić information content (AvgIpc) is 2.29. The van der Waals surface area contributed by atoms with Crippen LogP contribution in [-0.4, -0.2) is 29.6 Å². The van der Waals surface area contributed by atoms with Crippen LogP contribution < -0.4 is 5.73 Å². The Labute approximate surface area is 104 Å². The fourth-order valence-electron chi connectivity index (χ4n) is 1.72. The zero-order valence-electron chi connectivity index (χ0n) is 11.1. The number of phenols is 1. The van der Waals surface area contributed by atoms with Crippen LogP contribution in [0.25, 0.3) is 0 Å². The molecular formula is C14H24N2O. The highest BCUT2D eigenvalue weighted by Gasteiger charge is 2.10. The summed E-state index contributed by atoms with van der Waals surface area (Å²) >= 11 is 0. The van der Waals surface area contributed by atoms with Gasteiger partial charge in [0.25, 0.3) is 0 Å². The van der Waals surface area contributed by atoms with Crippen LogP contribution in [0.1, 0.15) is 25.8 Å². The number of para-hydroxylation sites is 1. The van der Waals surface area contributed by atoms with Gasteiger partial charge >= 0.3 is 0 Å². The molecular weight excluding hydrogens is 212 g/mol. The summed E-state index contributed by atoms with van der Waals surface area (Å²) in [6.45, 7) is 6.01. The Kier molecular flexibility index (Phi) is 5.45. The lowest BCUT2D eigenvalue weighted by Crippen LogP contribution is -2.31. The van der Waals surface area contributed by atoms with Crippen molar-refractivity contribution in [2.75, 3.05) is 13.6 Å². The monoisotopic (exact) mass is 236 g/mol. The highest BCUT2D eigenvalue weighted by molar-refractivity contribution is 5.31. The SMILES string of the molecule is CC(C)C(N)CCN(C)Cc1ccccc1O. The number of benzene rings is 1. The molecule has 0 aliphatic heterocycles. The van der Waals surface area contributed by atoms with Gasteiger partial charge in [-0.05, 0) is 32.0 Å². The molecule has 1 aromatic carbocycles. The van der Waals surface area contributed by atoms with Gasteiger partial charge in [-0.1, -0.05) is 32.0 Å². The minimum Gasteiger partial charge on any atom is -0.508 e. The lowest BCUT2D eigenvalue weighted by Gasteiger charge is -2.21. The first-order valence-corrected chi connectivity index (χ1v) is 6.21. The second-order valence-corrected chi connectivity index (χ2v) is 5.06. The molecule has 17 heavy (non-hydrogen) atoms. The van der Waals surface area contributed by atoms with Gasteiger partial charge < -0.3 is 15.7 Å². The van der Waals surface area contributed by atoms with E-state index in [1.54, 1.807) is 6.07 Å². The van der Waals surface area contributed by atoms with Gasteiger partial charge in [-0.25, -0.2) is 0 Å². The van der Waals surface area contributed by atoms with Crippen molar-refractivity contribution in [2.24, 2.45) is 11.7 Å². The van der Waals surface area contributed by atoms with Crippen molar-refractivity contribution in [3.63, 3.8) is 0 Å². The van der Waals surface area contributed by atoms with Crippen LogP contribution in [0, 0.1) is 5.92 Å². The van der Waals surface area contributed by atoms with Crippen molar-refractivity contribution in [2.45, 2.75) is 32.9 Å². The molecule has 1 aromatic rings. The zero-order valence-corrected chi connectivity index (χ0v) is 11.1. The summed E-state index contributed by atoms with van der Waals surface area (Å²) in [5.74, 6) is 0.890. The molecule has 3 heteroatoms. The van der Waals surface area contributed by atoms with Crippen LogP contribution in [0.15, 0.2) is 24.3 Å². The molecule has 1 rings (SSSR count). The quantitative estimate of drug-likeness (QED) is 0.796. The highest BCUT2D eigenvalue weighted by atomic mass is 16.3. The van der Waals surface area contributed by atoms with Crippen molar-refractivity contribution >= 4 is 0 Å². The lowest BCUT2D eigenvalue weighted by molar-refractivity contribution is 0.292. The first-order valence-electron chi connectivity index (χ1n) is 6.21. The van der Waals surface area contributed by atoms with E-state index < -0.39 is 0 Å². The van der Waals surface area contributed by atoms with E-state index in [2.05, 4.69) is 25.8 Å². The number of nitrogens with zero attached hydrogens (tertiary/aromatic N) is 1. The molecule has 0 heterocycles. The molecule has 3 N–H and O–H groups in total. The molecule has 0 aliphatic carbocycles. The maximum Gasteiger partial charge on any atom is 0.120 e. The number of rotatable bonds is 6. The maximum absolute atomic E-state index is 9.67. The Balaban J connectivity index is 2.40. The summed E-state index contributed by atoms with van der Waals surface area (Å²) in [5, 5.41) is 9.67. The van der Waals surface area contributed by atoms with Crippen LogP contribution in [0.3, 0.4) is 0 Å². The van der Waals surface area contributed by atoms with Crippen LogP contribution in [0.2, 0.25) is 0 Å². The van der Waals surface area contributed by atoms with Gasteiger partial charge in [0.05, 0.1) is 0 Å². The van der Waals surface area contributed by atoms with E-state index in [9.17, 15) is 5.11 Å². The molecule has 0 radical (unpaired) electrons. The van der Waals surface area contributed by atoms with Crippen LogP contribution in [-0.2, 0) is 6.54 Å². The van der Waals surface area contributed by atoms with Crippen molar-refractivity contribution in [1.82, 2.24) is 4.90 Å². The lowest BCUT2D eigenvalue weighted by atomic mass is 10.0. The molecule has 0 amide bonds. The van der Waals surface area contributed by atoms with E-state index in [1.807, 2.05) is 18.2 Å². The molecule has 1 atom stereocenters. The molecule has 0 fully saturated rings. The van der Waals surface area contributed by atoms with E-state index in [0.717, 1.165) is 25.1 Å². The van der Waals surface area contributed by atoms with Gasteiger partial charge in [0.1, 0.15) is 5.75 Å². The van der Waals surface area contributed by atoms with Gasteiger partial charge in [-0.3, -0.25) is 0 Å². The van der Waals surface area contributed by atoms with Gasteiger partial charge in [-0.15, -0.1) is 0 Å². The van der Waals surface area contributed by atoms with Crippen LogP contribution >= 0.6 is 0 Å². The standard InChI is InChI=1S/C14H24N2O/c1-11(2)13(15)8-9-16(3)10-12-6-4-5-7-14(12)17/h4-7,11,13,17H,8-10,15H2,1-3H3. The molecule has 0 saturated carbocycles. The van der Waals surface area contributed by atoms with E-state index in [1.165, 1.54) is 0 Å². The molecule has 1 unspecified atom stereocenters. The summed E-state index contributed by atoms with van der Waals surface area (Å²) < 4.78 is 0. The van der Waals surface area contributed by atoms with E-state index in [4.69, 9.17) is 5.73 Å². The fourth-order valence-corrected chi connectivity index (χ4v) is 1.72. The second kappa shape index (κ2) is 6.62. The zero-order chi connectivity index (χ0) is 12.8. The van der Waals surface area contributed by atoms with Crippen molar-refractivity contribution in [3.05, 3.63) is 29.8 Å². The maximum atomic E-state index is 9.67. The van der Waals surface area contributed by atoms with E-state index in [-0.39, 0.29) is 6.04 Å². The third-order valence-electron chi connectivity index (χ3n) is 3.13. The van der Waals surface area contributed by atoms with Crippen LogP contribution in [0.5, 0.6) is 5.75 Å². The smallest absolute Gasteiger partial charge is 0.120 e. The highest BCUT2D eigenvalue weighted by Crippen LogP contribution is 2.17. The Hall–Kier alpha value is -1.06. The van der Waals surface area contributed by atoms with Gasteiger partial charge in [0.2, 0.25) is 0 Å². The number of hydrogen-bond acceptors (Lipinski definition) is 3. The average molecular weight is 236 g/mol. The molecule has 3 nitrogen and oxygen atoms in total. The topological polar surface area (TPSA) is 49.5 Å². The van der Waals surface area contributed by atoms with Crippen molar-refractivity contribution < 1.29 is 5.11 Å². The molecule has 0 aliphatic rings. The van der Waals surface area contributed by atoms with Crippen molar-refractivity contribution in [1.29, 1.82) is 0 Å². The molecule has 0 spiro atoms. The van der Waals surface area contributed by atoms with Crippen LogP contribution in [0.4, 0.5) is 0 Å².